The number of hydrogen-bond donors (Lipinski definition) is 3. The first-order valence-electron chi connectivity index (χ1n) is 30.2. The van der Waals surface area contributed by atoms with Crippen LogP contribution in [0.15, 0.2) is 279 Å². The predicted octanol–water partition coefficient (Wildman–Crippen LogP) is 14.7. The van der Waals surface area contributed by atoms with Crippen molar-refractivity contribution in [2.45, 2.75) is 95.6 Å². The zero-order chi connectivity index (χ0) is 61.8. The molecule has 0 radical (unpaired) electrons. The summed E-state index contributed by atoms with van der Waals surface area (Å²) < 4.78 is 25.6. The second-order valence-corrected chi connectivity index (χ2v) is 23.2. The minimum Gasteiger partial charge on any atom is -0.508 e. The van der Waals surface area contributed by atoms with Crippen LogP contribution in [0.1, 0.15) is 76.4 Å². The van der Waals surface area contributed by atoms with E-state index in [9.17, 15) is 14.7 Å². The number of phenols is 1. The van der Waals surface area contributed by atoms with Crippen molar-refractivity contribution in [3.63, 3.8) is 0 Å². The molecule has 11 heteroatoms. The predicted molar refractivity (Wildman–Crippen MR) is 349 cm³/mol. The Kier molecular flexibility index (Phi) is 20.9. The number of carbonyl (C=O) groups is 3. The second-order valence-electron chi connectivity index (χ2n) is 23.2. The summed E-state index contributed by atoms with van der Waals surface area (Å²) in [7, 11) is 0. The van der Waals surface area contributed by atoms with Gasteiger partial charge in [-0.2, -0.15) is 0 Å². The van der Waals surface area contributed by atoms with Gasteiger partial charge in [-0.1, -0.05) is 243 Å². The Morgan fingerprint density at radius 3 is 1.36 bits per heavy atom. The molecule has 0 aromatic heterocycles. The number of benzene rings is 10. The molecule has 0 unspecified atom stereocenters. The third-order valence-electron chi connectivity index (χ3n) is 15.4. The van der Waals surface area contributed by atoms with E-state index in [-0.39, 0.29) is 44.1 Å². The van der Waals surface area contributed by atoms with Crippen molar-refractivity contribution in [1.82, 2.24) is 15.5 Å². The second kappa shape index (κ2) is 30.0. The highest BCUT2D eigenvalue weighted by Crippen LogP contribution is 2.39. The van der Waals surface area contributed by atoms with Crippen LogP contribution < -0.4 is 20.1 Å². The van der Waals surface area contributed by atoms with Gasteiger partial charge in [0.2, 0.25) is 5.91 Å². The molecule has 10 rings (SSSR count). The van der Waals surface area contributed by atoms with Crippen molar-refractivity contribution in [1.29, 1.82) is 0 Å². The number of amides is 1. The van der Waals surface area contributed by atoms with E-state index in [1.807, 2.05) is 218 Å². The molecule has 89 heavy (non-hydrogen) atoms. The Bertz CT molecular complexity index is 3680. The van der Waals surface area contributed by atoms with Gasteiger partial charge in [-0.25, -0.2) is 4.79 Å². The van der Waals surface area contributed by atoms with E-state index in [1.54, 1.807) is 45.0 Å². The minimum absolute atomic E-state index is 0.0839. The molecular weight excluding hydrogens is 1110 g/mol. The molecule has 3 atom stereocenters. The van der Waals surface area contributed by atoms with Gasteiger partial charge in [0, 0.05) is 19.5 Å². The van der Waals surface area contributed by atoms with Crippen molar-refractivity contribution in [3.05, 3.63) is 335 Å². The van der Waals surface area contributed by atoms with E-state index in [1.165, 1.54) is 0 Å². The highest BCUT2D eigenvalue weighted by Gasteiger charge is 2.41. The third-order valence-corrected chi connectivity index (χ3v) is 15.4. The van der Waals surface area contributed by atoms with Crippen LogP contribution in [-0.4, -0.2) is 51.6 Å². The molecule has 0 aliphatic rings. The molecule has 0 fully saturated rings. The fourth-order valence-electron chi connectivity index (χ4n) is 11.0. The summed E-state index contributed by atoms with van der Waals surface area (Å²) in [5.41, 5.74) is 7.23. The molecule has 0 aliphatic carbocycles. The Morgan fingerprint density at radius 1 is 0.438 bits per heavy atom. The number of carbonyl (C=O) groups excluding carboxylic acids is 3. The lowest BCUT2D eigenvalue weighted by molar-refractivity contribution is -0.159. The maximum absolute atomic E-state index is 15.3. The lowest BCUT2D eigenvalue weighted by atomic mass is 9.76. The highest BCUT2D eigenvalue weighted by atomic mass is 16.6. The zero-order valence-electron chi connectivity index (χ0n) is 50.5. The summed E-state index contributed by atoms with van der Waals surface area (Å²) in [6.07, 6.45) is 0.602. The van der Waals surface area contributed by atoms with E-state index in [4.69, 9.17) is 18.9 Å². The van der Waals surface area contributed by atoms with Gasteiger partial charge in [0.15, 0.2) is 11.5 Å². The molecule has 0 heterocycles. The van der Waals surface area contributed by atoms with E-state index in [0.29, 0.717) is 30.3 Å². The van der Waals surface area contributed by atoms with Gasteiger partial charge in [-0.15, -0.1) is 0 Å². The van der Waals surface area contributed by atoms with Crippen LogP contribution in [0.2, 0.25) is 0 Å². The fraction of sp³-hybridized carbons (Fsp3) is 0.192. The number of phenolic OH excluding ortho intramolecular Hbond substituents is 1. The molecular formula is C78H75N3O8. The zero-order valence-corrected chi connectivity index (χ0v) is 50.5. The van der Waals surface area contributed by atoms with Crippen LogP contribution in [0.3, 0.4) is 0 Å². The summed E-state index contributed by atoms with van der Waals surface area (Å²) in [5.74, 6) is 0.172. The Hall–Kier alpha value is -10.1. The summed E-state index contributed by atoms with van der Waals surface area (Å²) in [4.78, 5) is 46.5. The number of nitrogens with zero attached hydrogens (tertiary/aromatic N) is 1. The van der Waals surface area contributed by atoms with E-state index >= 15 is 4.79 Å². The lowest BCUT2D eigenvalue weighted by Gasteiger charge is -2.39. The maximum atomic E-state index is 15.3. The number of rotatable bonds is 27. The van der Waals surface area contributed by atoms with E-state index < -0.39 is 41.2 Å². The smallest absolute Gasteiger partial charge is 0.329 e. The topological polar surface area (TPSA) is 136 Å². The van der Waals surface area contributed by atoms with E-state index in [2.05, 4.69) is 51.9 Å². The Morgan fingerprint density at radius 2 is 0.865 bits per heavy atom. The normalized spacial score (nSPS) is 12.5. The average Bonchev–Trinajstić information content (AvgIpc) is 1.22. The van der Waals surface area contributed by atoms with Crippen LogP contribution in [-0.2, 0) is 75.0 Å². The molecule has 3 N–H and O–H groups in total. The monoisotopic (exact) mass is 1180 g/mol. The summed E-state index contributed by atoms with van der Waals surface area (Å²) in [5, 5.41) is 17.2. The van der Waals surface area contributed by atoms with Crippen molar-refractivity contribution >= 4 is 17.8 Å². The number of hydrogen-bond acceptors (Lipinski definition) is 10. The van der Waals surface area contributed by atoms with Gasteiger partial charge in [0.1, 0.15) is 42.4 Å². The first kappa shape index (κ1) is 62.0. The lowest BCUT2D eigenvalue weighted by Crippen LogP contribution is -2.53. The van der Waals surface area contributed by atoms with Gasteiger partial charge < -0.3 is 29.4 Å². The number of ether oxygens (including phenoxy) is 4. The number of nitrogens with one attached hydrogen (secondary N) is 2. The Balaban J connectivity index is 0.991. The number of esters is 2. The molecule has 1 amide bonds. The van der Waals surface area contributed by atoms with Gasteiger partial charge >= 0.3 is 11.9 Å². The quantitative estimate of drug-likeness (QED) is 0.0337. The van der Waals surface area contributed by atoms with Crippen molar-refractivity contribution in [2.24, 2.45) is 0 Å². The summed E-state index contributed by atoms with van der Waals surface area (Å²) >= 11 is 0. The molecule has 0 bridgehead atoms. The van der Waals surface area contributed by atoms with Crippen LogP contribution in [0.25, 0.3) is 0 Å². The van der Waals surface area contributed by atoms with Gasteiger partial charge in [0.05, 0.1) is 11.6 Å². The molecule has 0 saturated carbocycles. The van der Waals surface area contributed by atoms with Gasteiger partial charge in [-0.3, -0.25) is 19.8 Å². The SMILES string of the molecule is CC(C)(C)OC(=O)[C@H](Cc1ccc(O)cc1)NC(=O)[C@H](Cc1ccc(Oc2cc(C[C@H](NC(c3ccccc3)(c3ccccc3)c3ccccc3)C(=O)OCc3ccccc3)ccc2OCc2ccccc2)cc1)N(Cc1ccccc1)Cc1ccccc1. The molecule has 450 valence electrons. The van der Waals surface area contributed by atoms with Gasteiger partial charge in [0.25, 0.3) is 0 Å². The average molecular weight is 1180 g/mol. The van der Waals surface area contributed by atoms with Crippen LogP contribution >= 0.6 is 0 Å². The third kappa shape index (κ3) is 17.3. The van der Waals surface area contributed by atoms with Crippen LogP contribution in [0.4, 0.5) is 0 Å². The largest absolute Gasteiger partial charge is 0.508 e. The summed E-state index contributed by atoms with van der Waals surface area (Å²) in [6.45, 7) is 6.61. The maximum Gasteiger partial charge on any atom is 0.329 e. The van der Waals surface area contributed by atoms with Crippen molar-refractivity contribution in [2.75, 3.05) is 0 Å². The van der Waals surface area contributed by atoms with Gasteiger partial charge in [-0.05, 0) is 126 Å². The first-order valence-corrected chi connectivity index (χ1v) is 30.2. The van der Waals surface area contributed by atoms with Crippen molar-refractivity contribution in [3.8, 4) is 23.0 Å². The number of aromatic hydroxyl groups is 1. The Labute approximate surface area is 522 Å². The standard InChI is InChI=1S/C78H75N3O8/c1-77(2,3)89-76(85)69(49-57-39-44-67(82)45-40-57)79-74(83)71(81(53-59-25-11-4-12-26-59)54-60-27-13-5-14-28-60)51-58-41-46-68(47-42-58)88-73-52-63(43-48-72(73)86-55-61-29-15-6-16-30-61)50-70(75(84)87-56-62-31-17-7-18-32-62)80-78(64-33-19-8-20-34-64,65-35-21-9-22-36-65)66-37-23-10-24-38-66/h4-48,52,69-71,80,82H,49-51,53-56H2,1-3H3,(H,79,83)/t69-,70-,71-/m0/s1. The molecule has 0 saturated heterocycles. The van der Waals surface area contributed by atoms with E-state index in [0.717, 1.165) is 55.6 Å². The van der Waals surface area contributed by atoms with Crippen LogP contribution in [0.5, 0.6) is 23.0 Å². The summed E-state index contributed by atoms with van der Waals surface area (Å²) in [6, 6.07) is 87.5. The molecule has 0 aliphatic heterocycles. The van der Waals surface area contributed by atoms with Crippen LogP contribution in [0, 0.1) is 0 Å². The molecule has 0 spiro atoms. The molecule has 11 nitrogen and oxygen atoms in total. The first-order chi connectivity index (χ1) is 43.3. The fourth-order valence-corrected chi connectivity index (χ4v) is 11.0. The molecule has 10 aromatic carbocycles. The molecule has 10 aromatic rings. The minimum atomic E-state index is -1.04. The highest BCUT2D eigenvalue weighted by molar-refractivity contribution is 5.88. The van der Waals surface area contributed by atoms with Crippen molar-refractivity contribution < 1.29 is 38.4 Å².